The predicted molar refractivity (Wildman–Crippen MR) is 74.6 cm³/mol. The molecule has 1 aromatic carbocycles. The zero-order chi connectivity index (χ0) is 12.5. The first-order valence-electron chi connectivity index (χ1n) is 6.95. The Balaban J connectivity index is 2.10. The second-order valence-electron chi connectivity index (χ2n) is 4.84. The summed E-state index contributed by atoms with van der Waals surface area (Å²) in [6.45, 7) is 7.52. The van der Waals surface area contributed by atoms with Crippen molar-refractivity contribution in [1.82, 2.24) is 0 Å². The first-order chi connectivity index (χ1) is 8.26. The van der Waals surface area contributed by atoms with Crippen LogP contribution in [0.1, 0.15) is 51.5 Å². The van der Waals surface area contributed by atoms with E-state index in [9.17, 15) is 0 Å². The van der Waals surface area contributed by atoms with Crippen LogP contribution in [0.25, 0.3) is 0 Å². The molecule has 17 heavy (non-hydrogen) atoms. The van der Waals surface area contributed by atoms with Crippen LogP contribution in [0.3, 0.4) is 0 Å². The molecule has 0 spiro atoms. The Bertz CT molecular complexity index is 285. The van der Waals surface area contributed by atoms with Gasteiger partial charge in [-0.25, -0.2) is 0 Å². The summed E-state index contributed by atoms with van der Waals surface area (Å²) in [5, 5.41) is 0. The summed E-state index contributed by atoms with van der Waals surface area (Å²) in [5.41, 5.74) is 1.28. The highest BCUT2D eigenvalue weighted by molar-refractivity contribution is 5.26. The number of ether oxygens (including phenoxy) is 1. The monoisotopic (exact) mass is 234 g/mol. The second kappa shape index (κ2) is 8.16. The number of aryl methyl sites for hydroxylation is 1. The molecule has 0 aliphatic carbocycles. The molecule has 0 aliphatic heterocycles. The van der Waals surface area contributed by atoms with Crippen molar-refractivity contribution in [2.45, 2.75) is 52.9 Å². The lowest BCUT2D eigenvalue weighted by molar-refractivity contribution is 0.297. The summed E-state index contributed by atoms with van der Waals surface area (Å²) in [6.07, 6.45) is 6.44. The molecule has 96 valence electrons. The fraction of sp³-hybridized carbons (Fsp3) is 0.625. The lowest BCUT2D eigenvalue weighted by Gasteiger charge is -2.11. The van der Waals surface area contributed by atoms with Crippen LogP contribution >= 0.6 is 0 Å². The van der Waals surface area contributed by atoms with E-state index in [1.165, 1.54) is 37.7 Å². The first kappa shape index (κ1) is 14.1. The molecule has 0 bridgehead atoms. The van der Waals surface area contributed by atoms with Crippen molar-refractivity contribution in [2.75, 3.05) is 6.61 Å². The molecule has 0 unspecified atom stereocenters. The summed E-state index contributed by atoms with van der Waals surface area (Å²) < 4.78 is 5.71. The van der Waals surface area contributed by atoms with Crippen LogP contribution in [-0.4, -0.2) is 6.61 Å². The van der Waals surface area contributed by atoms with Gasteiger partial charge < -0.3 is 4.74 Å². The Morgan fingerprint density at radius 1 is 1.00 bits per heavy atom. The summed E-state index contributed by atoms with van der Waals surface area (Å²) in [7, 11) is 0. The fourth-order valence-corrected chi connectivity index (χ4v) is 2.06. The Hall–Kier alpha value is -0.980. The standard InChI is InChI=1S/C16H26O/c1-4-15(5-2)8-6-7-13-17-16-11-9-14(3)10-12-16/h9-12,15H,4-8,13H2,1-3H3. The van der Waals surface area contributed by atoms with Gasteiger partial charge in [-0.3, -0.25) is 0 Å². The summed E-state index contributed by atoms with van der Waals surface area (Å²) in [4.78, 5) is 0. The van der Waals surface area contributed by atoms with Crippen LogP contribution in [0, 0.1) is 12.8 Å². The largest absolute Gasteiger partial charge is 0.494 e. The summed E-state index contributed by atoms with van der Waals surface area (Å²) in [5.74, 6) is 1.91. The van der Waals surface area contributed by atoms with Crippen molar-refractivity contribution in [3.8, 4) is 5.75 Å². The van der Waals surface area contributed by atoms with Gasteiger partial charge in [0.15, 0.2) is 0 Å². The smallest absolute Gasteiger partial charge is 0.119 e. The van der Waals surface area contributed by atoms with E-state index in [-0.39, 0.29) is 0 Å². The van der Waals surface area contributed by atoms with E-state index >= 15 is 0 Å². The van der Waals surface area contributed by atoms with Gasteiger partial charge in [0.2, 0.25) is 0 Å². The average molecular weight is 234 g/mol. The van der Waals surface area contributed by atoms with E-state index in [0.717, 1.165) is 18.3 Å². The Morgan fingerprint density at radius 2 is 1.65 bits per heavy atom. The molecule has 0 amide bonds. The quantitative estimate of drug-likeness (QED) is 0.576. The van der Waals surface area contributed by atoms with Crippen molar-refractivity contribution in [3.05, 3.63) is 29.8 Å². The highest BCUT2D eigenvalue weighted by Gasteiger charge is 2.02. The molecule has 0 aromatic heterocycles. The molecule has 1 nitrogen and oxygen atoms in total. The third-order valence-electron chi connectivity index (χ3n) is 3.45. The van der Waals surface area contributed by atoms with E-state index in [4.69, 9.17) is 4.74 Å². The molecule has 1 rings (SSSR count). The SMILES string of the molecule is CCC(CC)CCCCOc1ccc(C)cc1. The van der Waals surface area contributed by atoms with Crippen molar-refractivity contribution in [3.63, 3.8) is 0 Å². The summed E-state index contributed by atoms with van der Waals surface area (Å²) in [6, 6.07) is 8.30. The van der Waals surface area contributed by atoms with E-state index < -0.39 is 0 Å². The van der Waals surface area contributed by atoms with Crippen molar-refractivity contribution < 1.29 is 4.74 Å². The van der Waals surface area contributed by atoms with Crippen LogP contribution in [0.4, 0.5) is 0 Å². The van der Waals surface area contributed by atoms with Gasteiger partial charge in [0.25, 0.3) is 0 Å². The minimum Gasteiger partial charge on any atom is -0.494 e. The van der Waals surface area contributed by atoms with E-state index in [1.807, 2.05) is 0 Å². The van der Waals surface area contributed by atoms with Gasteiger partial charge in [-0.1, -0.05) is 50.8 Å². The highest BCUT2D eigenvalue weighted by atomic mass is 16.5. The molecule has 1 aromatic rings. The van der Waals surface area contributed by atoms with Crippen LogP contribution in [0.2, 0.25) is 0 Å². The number of unbranched alkanes of at least 4 members (excludes halogenated alkanes) is 1. The number of hydrogen-bond acceptors (Lipinski definition) is 1. The topological polar surface area (TPSA) is 9.23 Å². The van der Waals surface area contributed by atoms with Gasteiger partial charge >= 0.3 is 0 Å². The maximum Gasteiger partial charge on any atom is 0.119 e. The Labute approximate surface area is 106 Å². The van der Waals surface area contributed by atoms with Gasteiger partial charge in [-0.2, -0.15) is 0 Å². The molecule has 0 saturated carbocycles. The zero-order valence-corrected chi connectivity index (χ0v) is 11.5. The second-order valence-corrected chi connectivity index (χ2v) is 4.84. The molecule has 0 saturated heterocycles. The van der Waals surface area contributed by atoms with Gasteiger partial charge in [0, 0.05) is 0 Å². The molecule has 1 heteroatoms. The number of rotatable bonds is 8. The number of hydrogen-bond donors (Lipinski definition) is 0. The molecular formula is C16H26O. The average Bonchev–Trinajstić information content (AvgIpc) is 2.36. The van der Waals surface area contributed by atoms with E-state index in [0.29, 0.717) is 0 Å². The lowest BCUT2D eigenvalue weighted by atomic mass is 9.97. The van der Waals surface area contributed by atoms with Gasteiger partial charge in [-0.15, -0.1) is 0 Å². The van der Waals surface area contributed by atoms with E-state index in [2.05, 4.69) is 45.0 Å². The summed E-state index contributed by atoms with van der Waals surface area (Å²) >= 11 is 0. The van der Waals surface area contributed by atoms with Crippen LogP contribution in [-0.2, 0) is 0 Å². The van der Waals surface area contributed by atoms with E-state index in [1.54, 1.807) is 0 Å². The van der Waals surface area contributed by atoms with Crippen LogP contribution in [0.5, 0.6) is 5.75 Å². The van der Waals surface area contributed by atoms with Crippen molar-refractivity contribution in [1.29, 1.82) is 0 Å². The molecule has 0 N–H and O–H groups in total. The molecule has 0 aliphatic rings. The van der Waals surface area contributed by atoms with Crippen molar-refractivity contribution in [2.24, 2.45) is 5.92 Å². The molecule has 0 atom stereocenters. The van der Waals surface area contributed by atoms with Gasteiger partial charge in [0.05, 0.1) is 6.61 Å². The maximum absolute atomic E-state index is 5.71. The van der Waals surface area contributed by atoms with Crippen LogP contribution in [0.15, 0.2) is 24.3 Å². The van der Waals surface area contributed by atoms with Gasteiger partial charge in [0.1, 0.15) is 5.75 Å². The fourth-order valence-electron chi connectivity index (χ4n) is 2.06. The first-order valence-corrected chi connectivity index (χ1v) is 6.95. The molecule has 0 heterocycles. The predicted octanol–water partition coefficient (Wildman–Crippen LogP) is 4.98. The molecular weight excluding hydrogens is 208 g/mol. The lowest BCUT2D eigenvalue weighted by Crippen LogP contribution is -2.01. The minimum absolute atomic E-state index is 0.850. The van der Waals surface area contributed by atoms with Gasteiger partial charge in [-0.05, 0) is 37.8 Å². The van der Waals surface area contributed by atoms with Crippen molar-refractivity contribution >= 4 is 0 Å². The zero-order valence-electron chi connectivity index (χ0n) is 11.5. The molecule has 0 fully saturated rings. The third kappa shape index (κ3) is 5.76. The third-order valence-corrected chi connectivity index (χ3v) is 3.45. The van der Waals surface area contributed by atoms with Crippen LogP contribution < -0.4 is 4.74 Å². The molecule has 0 radical (unpaired) electrons. The maximum atomic E-state index is 5.71. The normalized spacial score (nSPS) is 10.8. The number of benzene rings is 1. The minimum atomic E-state index is 0.850. The highest BCUT2D eigenvalue weighted by Crippen LogP contribution is 2.16. The Kier molecular flexibility index (Phi) is 6.76. The Morgan fingerprint density at radius 3 is 2.24 bits per heavy atom.